The average Bonchev–Trinajstić information content (AvgIpc) is 3.27. The molecule has 0 radical (unpaired) electrons. The van der Waals surface area contributed by atoms with Crippen LogP contribution in [-0.2, 0) is 9.53 Å². The molecular formula is C17H28N2O2. The lowest BCUT2D eigenvalue weighted by Crippen LogP contribution is -2.59. The molecule has 118 valence electrons. The van der Waals surface area contributed by atoms with Crippen LogP contribution in [0.3, 0.4) is 0 Å². The first kappa shape index (κ1) is 14.0. The van der Waals surface area contributed by atoms with Gasteiger partial charge in [0.05, 0.1) is 12.6 Å². The van der Waals surface area contributed by atoms with Crippen LogP contribution in [0.25, 0.3) is 0 Å². The van der Waals surface area contributed by atoms with Crippen molar-refractivity contribution in [2.45, 2.75) is 63.5 Å². The highest BCUT2D eigenvalue weighted by atomic mass is 16.5. The minimum Gasteiger partial charge on any atom is -0.379 e. The molecule has 1 amide bonds. The van der Waals surface area contributed by atoms with Crippen molar-refractivity contribution < 1.29 is 9.53 Å². The number of rotatable bonds is 3. The number of carbonyl (C=O) groups is 1. The number of ether oxygens (including phenoxy) is 1. The van der Waals surface area contributed by atoms with E-state index in [1.807, 2.05) is 0 Å². The van der Waals surface area contributed by atoms with Crippen LogP contribution in [0.2, 0.25) is 0 Å². The largest absolute Gasteiger partial charge is 0.379 e. The fraction of sp³-hybridized carbons (Fsp3) is 0.941. The predicted molar refractivity (Wildman–Crippen MR) is 81.0 cm³/mol. The molecule has 21 heavy (non-hydrogen) atoms. The number of amides is 1. The molecule has 1 atom stereocenters. The second-order valence-electron chi connectivity index (χ2n) is 7.64. The molecule has 0 aromatic rings. The van der Waals surface area contributed by atoms with E-state index in [0.29, 0.717) is 11.3 Å². The zero-order chi connectivity index (χ0) is 14.3. The molecule has 4 rings (SSSR count). The summed E-state index contributed by atoms with van der Waals surface area (Å²) in [6, 6.07) is 1.12. The zero-order valence-electron chi connectivity index (χ0n) is 13.0. The normalized spacial score (nSPS) is 33.6. The molecular weight excluding hydrogens is 264 g/mol. The minimum atomic E-state index is 0.253. The first-order valence-corrected chi connectivity index (χ1v) is 8.89. The Morgan fingerprint density at radius 2 is 1.86 bits per heavy atom. The minimum absolute atomic E-state index is 0.253. The molecule has 2 saturated heterocycles. The molecule has 0 unspecified atom stereocenters. The SMILES string of the molecule is O=C(N[C@H]1COCCC12CCN(C1CCC1)CC2)C1CC1. The second-order valence-corrected chi connectivity index (χ2v) is 7.64. The molecule has 2 saturated carbocycles. The fourth-order valence-corrected chi connectivity index (χ4v) is 4.34. The van der Waals surface area contributed by atoms with Gasteiger partial charge in [0.25, 0.3) is 0 Å². The van der Waals surface area contributed by atoms with Crippen LogP contribution in [-0.4, -0.2) is 49.2 Å². The number of piperidine rings is 1. The van der Waals surface area contributed by atoms with Gasteiger partial charge in [0, 0.05) is 18.6 Å². The smallest absolute Gasteiger partial charge is 0.223 e. The summed E-state index contributed by atoms with van der Waals surface area (Å²) >= 11 is 0. The van der Waals surface area contributed by atoms with Crippen LogP contribution in [0.4, 0.5) is 0 Å². The lowest BCUT2D eigenvalue weighted by molar-refractivity contribution is -0.128. The number of nitrogens with zero attached hydrogens (tertiary/aromatic N) is 1. The van der Waals surface area contributed by atoms with E-state index in [2.05, 4.69) is 10.2 Å². The van der Waals surface area contributed by atoms with E-state index in [0.717, 1.165) is 38.5 Å². The first-order valence-electron chi connectivity index (χ1n) is 8.89. The standard InChI is InChI=1S/C17H28N2O2/c20-16(13-4-5-13)18-15-12-21-11-8-17(15)6-9-19(10-7-17)14-2-1-3-14/h13-15H,1-12H2,(H,18,20)/t15-/m0/s1. The fourth-order valence-electron chi connectivity index (χ4n) is 4.34. The van der Waals surface area contributed by atoms with E-state index in [-0.39, 0.29) is 11.9 Å². The molecule has 4 nitrogen and oxygen atoms in total. The van der Waals surface area contributed by atoms with E-state index < -0.39 is 0 Å². The Bertz CT molecular complexity index is 396. The van der Waals surface area contributed by atoms with Crippen LogP contribution in [0.5, 0.6) is 0 Å². The zero-order valence-corrected chi connectivity index (χ0v) is 13.0. The van der Waals surface area contributed by atoms with Crippen molar-refractivity contribution in [1.29, 1.82) is 0 Å². The summed E-state index contributed by atoms with van der Waals surface area (Å²) in [5, 5.41) is 3.33. The number of hydrogen-bond acceptors (Lipinski definition) is 3. The molecule has 1 N–H and O–H groups in total. The Morgan fingerprint density at radius 1 is 1.10 bits per heavy atom. The van der Waals surface area contributed by atoms with Crippen LogP contribution in [0.15, 0.2) is 0 Å². The summed E-state index contributed by atoms with van der Waals surface area (Å²) in [5.74, 6) is 0.588. The Kier molecular flexibility index (Phi) is 3.70. The van der Waals surface area contributed by atoms with Gasteiger partial charge in [-0.25, -0.2) is 0 Å². The van der Waals surface area contributed by atoms with Crippen molar-refractivity contribution in [2.75, 3.05) is 26.3 Å². The van der Waals surface area contributed by atoms with E-state index >= 15 is 0 Å². The lowest BCUT2D eigenvalue weighted by Gasteiger charge is -2.51. The summed E-state index contributed by atoms with van der Waals surface area (Å²) in [5.41, 5.74) is 0.309. The van der Waals surface area contributed by atoms with Crippen molar-refractivity contribution >= 4 is 5.91 Å². The highest BCUT2D eigenvalue weighted by Crippen LogP contribution is 2.43. The van der Waals surface area contributed by atoms with E-state index in [1.54, 1.807) is 0 Å². The Morgan fingerprint density at radius 3 is 2.48 bits per heavy atom. The maximum absolute atomic E-state index is 12.2. The molecule has 2 aliphatic carbocycles. The third-order valence-electron chi connectivity index (χ3n) is 6.42. The van der Waals surface area contributed by atoms with E-state index in [9.17, 15) is 4.79 Å². The highest BCUT2D eigenvalue weighted by Gasteiger charge is 2.46. The summed E-state index contributed by atoms with van der Waals surface area (Å²) in [4.78, 5) is 14.8. The van der Waals surface area contributed by atoms with Gasteiger partial charge in [-0.15, -0.1) is 0 Å². The molecule has 0 bridgehead atoms. The topological polar surface area (TPSA) is 41.6 Å². The van der Waals surface area contributed by atoms with Gasteiger partial charge in [0.2, 0.25) is 5.91 Å². The van der Waals surface area contributed by atoms with Gasteiger partial charge in [-0.1, -0.05) is 6.42 Å². The summed E-state index contributed by atoms with van der Waals surface area (Å²) < 4.78 is 5.69. The average molecular weight is 292 g/mol. The Balaban J connectivity index is 1.39. The highest BCUT2D eigenvalue weighted by molar-refractivity contribution is 5.81. The molecule has 0 aromatic heterocycles. The van der Waals surface area contributed by atoms with Gasteiger partial charge >= 0.3 is 0 Å². The maximum atomic E-state index is 12.2. The van der Waals surface area contributed by atoms with E-state index in [1.165, 1.54) is 45.2 Å². The molecule has 2 aliphatic heterocycles. The van der Waals surface area contributed by atoms with Crippen molar-refractivity contribution in [1.82, 2.24) is 10.2 Å². The molecule has 4 fully saturated rings. The second kappa shape index (κ2) is 5.54. The van der Waals surface area contributed by atoms with Crippen LogP contribution >= 0.6 is 0 Å². The van der Waals surface area contributed by atoms with Crippen LogP contribution < -0.4 is 5.32 Å². The summed E-state index contributed by atoms with van der Waals surface area (Å²) in [6.07, 6.45) is 9.99. The molecule has 4 heteroatoms. The molecule has 2 heterocycles. The molecule has 0 aromatic carbocycles. The van der Waals surface area contributed by atoms with Crippen molar-refractivity contribution in [3.63, 3.8) is 0 Å². The predicted octanol–water partition coefficient (Wildman–Crippen LogP) is 1.94. The van der Waals surface area contributed by atoms with E-state index in [4.69, 9.17) is 4.74 Å². The monoisotopic (exact) mass is 292 g/mol. The van der Waals surface area contributed by atoms with Crippen molar-refractivity contribution in [3.05, 3.63) is 0 Å². The summed E-state index contributed by atoms with van der Waals surface area (Å²) in [6.45, 7) is 4.04. The quantitative estimate of drug-likeness (QED) is 0.864. The first-order chi connectivity index (χ1) is 10.3. The third kappa shape index (κ3) is 2.72. The van der Waals surface area contributed by atoms with Crippen LogP contribution in [0, 0.1) is 11.3 Å². The van der Waals surface area contributed by atoms with Gasteiger partial charge in [-0.2, -0.15) is 0 Å². The number of carbonyl (C=O) groups excluding carboxylic acids is 1. The number of likely N-dealkylation sites (tertiary alicyclic amines) is 1. The summed E-state index contributed by atoms with van der Waals surface area (Å²) in [7, 11) is 0. The number of nitrogens with one attached hydrogen (secondary N) is 1. The Labute approximate surface area is 127 Å². The van der Waals surface area contributed by atoms with Gasteiger partial charge in [0.15, 0.2) is 0 Å². The maximum Gasteiger partial charge on any atom is 0.223 e. The lowest BCUT2D eigenvalue weighted by atomic mass is 9.68. The third-order valence-corrected chi connectivity index (χ3v) is 6.42. The van der Waals surface area contributed by atoms with Gasteiger partial charge in [-0.3, -0.25) is 4.79 Å². The van der Waals surface area contributed by atoms with Gasteiger partial charge in [0.1, 0.15) is 0 Å². The van der Waals surface area contributed by atoms with Gasteiger partial charge < -0.3 is 15.0 Å². The van der Waals surface area contributed by atoms with Crippen molar-refractivity contribution in [3.8, 4) is 0 Å². The van der Waals surface area contributed by atoms with Crippen molar-refractivity contribution in [2.24, 2.45) is 11.3 Å². The molecule has 4 aliphatic rings. The molecule has 1 spiro atoms. The Hall–Kier alpha value is -0.610. The number of hydrogen-bond donors (Lipinski definition) is 1. The van der Waals surface area contributed by atoms with Crippen LogP contribution in [0.1, 0.15) is 51.4 Å². The van der Waals surface area contributed by atoms with Gasteiger partial charge in [-0.05, 0) is 63.5 Å².